The molecule has 4 heteroatoms. The minimum Gasteiger partial charge on any atom is -0.350 e. The van der Waals surface area contributed by atoms with Crippen LogP contribution in [0.3, 0.4) is 0 Å². The van der Waals surface area contributed by atoms with Crippen LogP contribution >= 0.6 is 0 Å². The smallest absolute Gasteiger partial charge is 0.251 e. The summed E-state index contributed by atoms with van der Waals surface area (Å²) in [5, 5.41) is 6.25. The summed E-state index contributed by atoms with van der Waals surface area (Å²) in [6, 6.07) is 5.58. The number of benzene rings is 1. The lowest BCUT2D eigenvalue weighted by Gasteiger charge is -2.24. The average molecular weight is 236 g/mol. The fraction of sp³-hybridized carbons (Fsp3) is 0.462. The second kappa shape index (κ2) is 4.84. The van der Waals surface area contributed by atoms with Crippen molar-refractivity contribution in [3.8, 4) is 0 Å². The van der Waals surface area contributed by atoms with Gasteiger partial charge in [-0.3, -0.25) is 4.79 Å². The Morgan fingerprint density at radius 2 is 2.18 bits per heavy atom. The van der Waals surface area contributed by atoms with Crippen LogP contribution in [0.2, 0.25) is 0 Å². The van der Waals surface area contributed by atoms with E-state index in [1.165, 1.54) is 24.3 Å². The van der Waals surface area contributed by atoms with Gasteiger partial charge in [0.1, 0.15) is 5.82 Å². The van der Waals surface area contributed by atoms with Crippen molar-refractivity contribution < 1.29 is 9.18 Å². The Kier molecular flexibility index (Phi) is 3.43. The van der Waals surface area contributed by atoms with Gasteiger partial charge in [0.2, 0.25) is 0 Å². The minimum absolute atomic E-state index is 0.00428. The molecule has 0 radical (unpaired) electrons. The van der Waals surface area contributed by atoms with E-state index >= 15 is 0 Å². The predicted octanol–water partition coefficient (Wildman–Crippen LogP) is 1.70. The number of carbonyl (C=O) groups excluding carboxylic acids is 1. The molecule has 1 aromatic carbocycles. The number of hydrogen-bond donors (Lipinski definition) is 2. The maximum absolute atomic E-state index is 12.7. The summed E-state index contributed by atoms with van der Waals surface area (Å²) in [6.45, 7) is 3.71. The molecule has 1 aromatic rings. The van der Waals surface area contributed by atoms with E-state index in [2.05, 4.69) is 17.6 Å². The number of amides is 1. The fourth-order valence-corrected chi connectivity index (χ4v) is 2.09. The van der Waals surface area contributed by atoms with Gasteiger partial charge in [-0.05, 0) is 50.6 Å². The van der Waals surface area contributed by atoms with Gasteiger partial charge in [0, 0.05) is 17.6 Å². The van der Waals surface area contributed by atoms with Crippen molar-refractivity contribution in [1.82, 2.24) is 10.6 Å². The molecule has 17 heavy (non-hydrogen) atoms. The zero-order chi connectivity index (χ0) is 12.3. The first-order chi connectivity index (χ1) is 8.09. The van der Waals surface area contributed by atoms with Crippen molar-refractivity contribution >= 4 is 5.91 Å². The Hall–Kier alpha value is -1.42. The maximum atomic E-state index is 12.7. The standard InChI is InChI=1S/C13H17FN2O/c1-13(7-2-8-16-13)9-15-12(17)10-3-5-11(14)6-4-10/h3-6,16H,2,7-9H2,1H3,(H,15,17). The molecule has 1 atom stereocenters. The van der Waals surface area contributed by atoms with E-state index in [1.807, 2.05) is 0 Å². The molecule has 0 spiro atoms. The summed E-state index contributed by atoms with van der Waals surface area (Å²) in [5.41, 5.74) is 0.489. The van der Waals surface area contributed by atoms with Crippen LogP contribution in [0.25, 0.3) is 0 Å². The summed E-state index contributed by atoms with van der Waals surface area (Å²) >= 11 is 0. The monoisotopic (exact) mass is 236 g/mol. The van der Waals surface area contributed by atoms with Crippen LogP contribution < -0.4 is 10.6 Å². The molecule has 1 unspecified atom stereocenters. The van der Waals surface area contributed by atoms with Crippen molar-refractivity contribution in [2.75, 3.05) is 13.1 Å². The fourth-order valence-electron chi connectivity index (χ4n) is 2.09. The molecule has 92 valence electrons. The normalized spacial score (nSPS) is 23.6. The zero-order valence-corrected chi connectivity index (χ0v) is 9.92. The molecule has 1 amide bonds. The maximum Gasteiger partial charge on any atom is 0.251 e. The lowest BCUT2D eigenvalue weighted by molar-refractivity contribution is 0.0942. The number of halogens is 1. The van der Waals surface area contributed by atoms with E-state index in [-0.39, 0.29) is 17.3 Å². The van der Waals surface area contributed by atoms with Crippen LogP contribution in [0.4, 0.5) is 4.39 Å². The highest BCUT2D eigenvalue weighted by atomic mass is 19.1. The molecule has 2 rings (SSSR count). The summed E-state index contributed by atoms with van der Waals surface area (Å²) in [6.07, 6.45) is 2.21. The second-order valence-corrected chi connectivity index (χ2v) is 4.78. The quantitative estimate of drug-likeness (QED) is 0.838. The highest BCUT2D eigenvalue weighted by molar-refractivity contribution is 5.94. The average Bonchev–Trinajstić information content (AvgIpc) is 2.75. The summed E-state index contributed by atoms with van der Waals surface area (Å²) in [7, 11) is 0. The first kappa shape index (κ1) is 12.0. The van der Waals surface area contributed by atoms with Crippen molar-refractivity contribution in [3.63, 3.8) is 0 Å². The van der Waals surface area contributed by atoms with Crippen molar-refractivity contribution in [3.05, 3.63) is 35.6 Å². The van der Waals surface area contributed by atoms with E-state index in [0.717, 1.165) is 19.4 Å². The highest BCUT2D eigenvalue weighted by Crippen LogP contribution is 2.17. The van der Waals surface area contributed by atoms with Gasteiger partial charge in [0.25, 0.3) is 5.91 Å². The van der Waals surface area contributed by atoms with Gasteiger partial charge in [0.15, 0.2) is 0 Å². The Bertz CT molecular complexity index is 396. The van der Waals surface area contributed by atoms with Crippen LogP contribution in [0.15, 0.2) is 24.3 Å². The summed E-state index contributed by atoms with van der Waals surface area (Å²) < 4.78 is 12.7. The van der Waals surface area contributed by atoms with Gasteiger partial charge in [-0.15, -0.1) is 0 Å². The number of rotatable bonds is 3. The largest absolute Gasteiger partial charge is 0.350 e. The number of hydrogen-bond acceptors (Lipinski definition) is 2. The topological polar surface area (TPSA) is 41.1 Å². The van der Waals surface area contributed by atoms with Gasteiger partial charge < -0.3 is 10.6 Å². The Morgan fingerprint density at radius 1 is 1.47 bits per heavy atom. The number of carbonyl (C=O) groups is 1. The molecule has 1 heterocycles. The summed E-state index contributed by atoms with van der Waals surface area (Å²) in [4.78, 5) is 11.8. The molecular weight excluding hydrogens is 219 g/mol. The van der Waals surface area contributed by atoms with E-state index in [0.29, 0.717) is 12.1 Å². The molecule has 0 bridgehead atoms. The molecule has 2 N–H and O–H groups in total. The molecule has 1 aliphatic heterocycles. The third-order valence-electron chi connectivity index (χ3n) is 3.20. The molecule has 1 saturated heterocycles. The van der Waals surface area contributed by atoms with Gasteiger partial charge in [0.05, 0.1) is 0 Å². The third kappa shape index (κ3) is 3.03. The third-order valence-corrected chi connectivity index (χ3v) is 3.20. The Labute approximate surface area is 100 Å². The molecule has 1 fully saturated rings. The van der Waals surface area contributed by atoms with E-state index in [4.69, 9.17) is 0 Å². The zero-order valence-electron chi connectivity index (χ0n) is 9.92. The van der Waals surface area contributed by atoms with Crippen LogP contribution in [0.5, 0.6) is 0 Å². The second-order valence-electron chi connectivity index (χ2n) is 4.78. The molecule has 0 aromatic heterocycles. The SMILES string of the molecule is CC1(CNC(=O)c2ccc(F)cc2)CCCN1. The molecule has 3 nitrogen and oxygen atoms in total. The Morgan fingerprint density at radius 3 is 2.76 bits per heavy atom. The minimum atomic E-state index is -0.328. The van der Waals surface area contributed by atoms with Gasteiger partial charge in [-0.25, -0.2) is 4.39 Å². The summed E-state index contributed by atoms with van der Waals surface area (Å²) in [5.74, 6) is -0.481. The molecule has 1 aliphatic rings. The van der Waals surface area contributed by atoms with Crippen LogP contribution in [0, 0.1) is 5.82 Å². The lowest BCUT2D eigenvalue weighted by Crippen LogP contribution is -2.47. The van der Waals surface area contributed by atoms with Gasteiger partial charge >= 0.3 is 0 Å². The Balaban J connectivity index is 1.91. The highest BCUT2D eigenvalue weighted by Gasteiger charge is 2.28. The molecule has 0 saturated carbocycles. The first-order valence-electron chi connectivity index (χ1n) is 5.88. The lowest BCUT2D eigenvalue weighted by atomic mass is 10.0. The molecule has 0 aliphatic carbocycles. The van der Waals surface area contributed by atoms with Crippen molar-refractivity contribution in [2.45, 2.75) is 25.3 Å². The van der Waals surface area contributed by atoms with Crippen molar-refractivity contribution in [2.24, 2.45) is 0 Å². The van der Waals surface area contributed by atoms with E-state index in [1.54, 1.807) is 0 Å². The van der Waals surface area contributed by atoms with Crippen molar-refractivity contribution in [1.29, 1.82) is 0 Å². The molecular formula is C13H17FN2O. The van der Waals surface area contributed by atoms with Gasteiger partial charge in [-0.2, -0.15) is 0 Å². The van der Waals surface area contributed by atoms with E-state index < -0.39 is 0 Å². The van der Waals surface area contributed by atoms with Crippen LogP contribution in [-0.4, -0.2) is 24.5 Å². The number of nitrogens with one attached hydrogen (secondary N) is 2. The van der Waals surface area contributed by atoms with Gasteiger partial charge in [-0.1, -0.05) is 0 Å². The van der Waals surface area contributed by atoms with Crippen LogP contribution in [-0.2, 0) is 0 Å². The van der Waals surface area contributed by atoms with E-state index in [9.17, 15) is 9.18 Å². The van der Waals surface area contributed by atoms with Crippen LogP contribution in [0.1, 0.15) is 30.1 Å². The predicted molar refractivity (Wildman–Crippen MR) is 64.4 cm³/mol. The first-order valence-corrected chi connectivity index (χ1v) is 5.88.